The Labute approximate surface area is 208 Å². The minimum absolute atomic E-state index is 0.000608. The van der Waals surface area contributed by atoms with Crippen LogP contribution in [0.2, 0.25) is 0 Å². The molecule has 1 fully saturated rings. The largest absolute Gasteiger partial charge is 0.497 e. The zero-order chi connectivity index (χ0) is 25.3. The van der Waals surface area contributed by atoms with Gasteiger partial charge in [0.1, 0.15) is 23.3 Å². The fourth-order valence-electron chi connectivity index (χ4n) is 4.23. The van der Waals surface area contributed by atoms with Crippen molar-refractivity contribution in [2.45, 2.75) is 31.6 Å². The van der Waals surface area contributed by atoms with Crippen molar-refractivity contribution in [1.82, 2.24) is 19.0 Å². The topological polar surface area (TPSA) is 65.6 Å². The van der Waals surface area contributed by atoms with Gasteiger partial charge in [-0.1, -0.05) is 0 Å². The predicted molar refractivity (Wildman–Crippen MR) is 138 cm³/mol. The monoisotopic (exact) mass is 496 g/mol. The lowest BCUT2D eigenvalue weighted by atomic mass is 9.96. The molecule has 1 heterocycles. The quantitative estimate of drug-likeness (QED) is 0.389. The average Bonchev–Trinajstić information content (AvgIpc) is 2.80. The Morgan fingerprint density at radius 3 is 2.26 bits per heavy atom. The second-order valence-corrected chi connectivity index (χ2v) is 11.1. The maximum Gasteiger partial charge on any atom is 0.248 e. The maximum absolute atomic E-state index is 13.0. The Morgan fingerprint density at radius 1 is 1.09 bits per heavy atom. The Kier molecular flexibility index (Phi) is 11.9. The first-order valence-electron chi connectivity index (χ1n) is 12.1. The summed E-state index contributed by atoms with van der Waals surface area (Å²) in [6.45, 7) is 9.94. The number of methoxy groups -OCH3 is 1. The summed E-state index contributed by atoms with van der Waals surface area (Å²) >= 11 is 0. The SMILES string of the molecule is COc1cc(C)c(S(=O)N(C)CCOCC(=O)N(C)CC2CCN(CCN(C)C)CC2)c(C)c1. The third kappa shape index (κ3) is 8.92. The minimum atomic E-state index is -1.30. The molecule has 0 N–H and O–H groups in total. The summed E-state index contributed by atoms with van der Waals surface area (Å²) < 4.78 is 25.7. The van der Waals surface area contributed by atoms with E-state index in [9.17, 15) is 9.00 Å². The van der Waals surface area contributed by atoms with Crippen LogP contribution in [0.5, 0.6) is 5.75 Å². The molecular formula is C25H44N4O4S. The summed E-state index contributed by atoms with van der Waals surface area (Å²) in [5.41, 5.74) is 1.87. The third-order valence-corrected chi connectivity index (χ3v) is 8.17. The van der Waals surface area contributed by atoms with Crippen LogP contribution in [-0.2, 0) is 20.5 Å². The molecule has 0 saturated carbocycles. The molecule has 8 nitrogen and oxygen atoms in total. The van der Waals surface area contributed by atoms with Crippen molar-refractivity contribution in [1.29, 1.82) is 0 Å². The summed E-state index contributed by atoms with van der Waals surface area (Å²) in [7, 11) is 8.21. The zero-order valence-electron chi connectivity index (χ0n) is 22.1. The fourth-order valence-corrected chi connectivity index (χ4v) is 5.45. The van der Waals surface area contributed by atoms with Crippen LogP contribution in [-0.4, -0.2) is 117 Å². The number of likely N-dealkylation sites (tertiary alicyclic amines) is 1. The number of benzene rings is 1. The van der Waals surface area contributed by atoms with E-state index in [0.717, 1.165) is 67.3 Å². The molecule has 0 bridgehead atoms. The van der Waals surface area contributed by atoms with Crippen LogP contribution in [0.25, 0.3) is 0 Å². The van der Waals surface area contributed by atoms with Gasteiger partial charge in [0.25, 0.3) is 0 Å². The molecule has 1 aliphatic heterocycles. The Morgan fingerprint density at radius 2 is 1.71 bits per heavy atom. The molecule has 0 spiro atoms. The number of piperidine rings is 1. The molecular weight excluding hydrogens is 452 g/mol. The molecule has 0 aromatic heterocycles. The first-order valence-corrected chi connectivity index (χ1v) is 13.2. The number of aryl methyl sites for hydroxylation is 2. The first kappa shape index (κ1) is 28.7. The van der Waals surface area contributed by atoms with Crippen LogP contribution < -0.4 is 4.74 Å². The lowest BCUT2D eigenvalue weighted by molar-refractivity contribution is -0.135. The highest BCUT2D eigenvalue weighted by molar-refractivity contribution is 7.82. The van der Waals surface area contributed by atoms with E-state index in [1.54, 1.807) is 23.4 Å². The standard InChI is InChI=1S/C25H44N4O4S/c1-20-16-23(32-7)17-21(2)25(20)34(31)28(6)14-15-33-19-24(30)27(5)18-22-8-10-29(11-9-22)13-12-26(3)4/h16-17,22H,8-15,18-19H2,1-7H3. The normalized spacial score (nSPS) is 16.3. The zero-order valence-corrected chi connectivity index (χ0v) is 22.9. The number of amides is 1. The lowest BCUT2D eigenvalue weighted by Crippen LogP contribution is -2.42. The highest BCUT2D eigenvalue weighted by atomic mass is 32.2. The minimum Gasteiger partial charge on any atom is -0.497 e. The van der Waals surface area contributed by atoms with Crippen molar-refractivity contribution < 1.29 is 18.5 Å². The highest BCUT2D eigenvalue weighted by Gasteiger charge is 2.22. The summed E-state index contributed by atoms with van der Waals surface area (Å²) in [6.07, 6.45) is 2.26. The Bertz CT molecular complexity index is 789. The molecule has 1 amide bonds. The van der Waals surface area contributed by atoms with Crippen LogP contribution in [0.1, 0.15) is 24.0 Å². The van der Waals surface area contributed by atoms with Crippen molar-refractivity contribution in [2.24, 2.45) is 5.92 Å². The van der Waals surface area contributed by atoms with Gasteiger partial charge < -0.3 is 24.2 Å². The number of carbonyl (C=O) groups excluding carboxylic acids is 1. The van der Waals surface area contributed by atoms with Crippen LogP contribution in [0, 0.1) is 19.8 Å². The lowest BCUT2D eigenvalue weighted by Gasteiger charge is -2.34. The summed E-state index contributed by atoms with van der Waals surface area (Å²) in [5, 5.41) is 0. The molecule has 0 aliphatic carbocycles. The van der Waals surface area contributed by atoms with Gasteiger partial charge in [-0.05, 0) is 83.1 Å². The van der Waals surface area contributed by atoms with Gasteiger partial charge in [-0.15, -0.1) is 0 Å². The maximum atomic E-state index is 13.0. The molecule has 0 radical (unpaired) electrons. The van der Waals surface area contributed by atoms with Crippen LogP contribution >= 0.6 is 0 Å². The third-order valence-electron chi connectivity index (χ3n) is 6.43. The molecule has 1 aromatic rings. The Balaban J connectivity index is 1.68. The number of carbonyl (C=O) groups is 1. The smallest absolute Gasteiger partial charge is 0.248 e. The van der Waals surface area contributed by atoms with Gasteiger partial charge in [0.15, 0.2) is 0 Å². The van der Waals surface area contributed by atoms with Gasteiger partial charge >= 0.3 is 0 Å². The fraction of sp³-hybridized carbons (Fsp3) is 0.720. The van der Waals surface area contributed by atoms with E-state index < -0.39 is 11.0 Å². The van der Waals surface area contributed by atoms with Crippen LogP contribution in [0.3, 0.4) is 0 Å². The van der Waals surface area contributed by atoms with Gasteiger partial charge in [-0.25, -0.2) is 8.51 Å². The molecule has 1 atom stereocenters. The molecule has 2 rings (SSSR count). The van der Waals surface area contributed by atoms with Crippen molar-refractivity contribution in [3.63, 3.8) is 0 Å². The second-order valence-electron chi connectivity index (χ2n) is 9.61. The van der Waals surface area contributed by atoms with Gasteiger partial charge in [-0.3, -0.25) is 4.79 Å². The molecule has 1 aliphatic rings. The second kappa shape index (κ2) is 14.1. The van der Waals surface area contributed by atoms with E-state index in [-0.39, 0.29) is 12.5 Å². The van der Waals surface area contributed by atoms with E-state index in [1.165, 1.54) is 0 Å². The van der Waals surface area contributed by atoms with Crippen molar-refractivity contribution in [3.05, 3.63) is 23.3 Å². The van der Waals surface area contributed by atoms with Gasteiger partial charge in [0, 0.05) is 40.3 Å². The number of ether oxygens (including phenoxy) is 2. The summed E-state index contributed by atoms with van der Waals surface area (Å²) in [5.74, 6) is 1.31. The molecule has 1 aromatic carbocycles. The van der Waals surface area contributed by atoms with Crippen molar-refractivity contribution >= 4 is 16.9 Å². The van der Waals surface area contributed by atoms with Gasteiger partial charge in [-0.2, -0.15) is 0 Å². The van der Waals surface area contributed by atoms with E-state index in [1.807, 2.05) is 33.0 Å². The first-order chi connectivity index (χ1) is 16.1. The van der Waals surface area contributed by atoms with Gasteiger partial charge in [0.2, 0.25) is 5.91 Å². The molecule has 1 unspecified atom stereocenters. The summed E-state index contributed by atoms with van der Waals surface area (Å²) in [6, 6.07) is 3.79. The summed E-state index contributed by atoms with van der Waals surface area (Å²) in [4.78, 5) is 19.8. The average molecular weight is 497 g/mol. The van der Waals surface area contributed by atoms with Gasteiger partial charge in [0.05, 0.1) is 18.6 Å². The highest BCUT2D eigenvalue weighted by Crippen LogP contribution is 2.25. The van der Waals surface area contributed by atoms with Crippen molar-refractivity contribution in [2.75, 3.05) is 87.8 Å². The molecule has 1 saturated heterocycles. The number of likely N-dealkylation sites (N-methyl/N-ethyl adjacent to an activating group) is 3. The van der Waals surface area contributed by atoms with E-state index in [0.29, 0.717) is 19.1 Å². The number of rotatable bonds is 13. The Hall–Kier alpha value is -1.52. The molecule has 34 heavy (non-hydrogen) atoms. The number of hydrogen-bond acceptors (Lipinski definition) is 6. The van der Waals surface area contributed by atoms with E-state index in [2.05, 4.69) is 23.9 Å². The number of hydrogen-bond donors (Lipinski definition) is 0. The number of nitrogens with zero attached hydrogens (tertiary/aromatic N) is 4. The molecule has 194 valence electrons. The van der Waals surface area contributed by atoms with E-state index >= 15 is 0 Å². The van der Waals surface area contributed by atoms with Crippen molar-refractivity contribution in [3.8, 4) is 5.75 Å². The van der Waals surface area contributed by atoms with Crippen LogP contribution in [0.15, 0.2) is 17.0 Å². The van der Waals surface area contributed by atoms with E-state index in [4.69, 9.17) is 9.47 Å². The predicted octanol–water partition coefficient (Wildman–Crippen LogP) is 2.02. The molecule has 9 heteroatoms. The van der Waals surface area contributed by atoms with Crippen LogP contribution in [0.4, 0.5) is 0 Å².